The quantitative estimate of drug-likeness (QED) is 0.845. The zero-order chi connectivity index (χ0) is 18.7. The maximum Gasteiger partial charge on any atom is 0.317 e. The maximum atomic E-state index is 12.5. The molecule has 2 amide bonds. The fourth-order valence-corrected chi connectivity index (χ4v) is 3.64. The van der Waals surface area contributed by atoms with Crippen molar-refractivity contribution in [3.63, 3.8) is 0 Å². The van der Waals surface area contributed by atoms with Gasteiger partial charge in [0.1, 0.15) is 23.7 Å². The highest BCUT2D eigenvalue weighted by Crippen LogP contribution is 2.38. The van der Waals surface area contributed by atoms with E-state index in [9.17, 15) is 9.59 Å². The zero-order valence-electron chi connectivity index (χ0n) is 15.0. The van der Waals surface area contributed by atoms with Crippen LogP contribution in [0.25, 0.3) is 0 Å². The molecule has 2 aromatic rings. The van der Waals surface area contributed by atoms with Gasteiger partial charge in [-0.3, -0.25) is 4.79 Å². The number of benzene rings is 2. The summed E-state index contributed by atoms with van der Waals surface area (Å²) in [7, 11) is 0. The molecule has 1 saturated heterocycles. The highest BCUT2D eigenvalue weighted by Gasteiger charge is 2.46. The summed E-state index contributed by atoms with van der Waals surface area (Å²) in [6.07, 6.45) is 0.964. The molecule has 0 aliphatic carbocycles. The summed E-state index contributed by atoms with van der Waals surface area (Å²) < 4.78 is 11.7. The first-order valence-corrected chi connectivity index (χ1v) is 9.17. The van der Waals surface area contributed by atoms with E-state index in [0.29, 0.717) is 50.4 Å². The smallest absolute Gasteiger partial charge is 0.317 e. The highest BCUT2D eigenvalue weighted by molar-refractivity contribution is 6.00. The van der Waals surface area contributed by atoms with E-state index in [-0.39, 0.29) is 11.8 Å². The van der Waals surface area contributed by atoms with Gasteiger partial charge in [-0.15, -0.1) is 0 Å². The Morgan fingerprint density at radius 3 is 2.78 bits per heavy atom. The molecular weight excluding hydrogens is 344 g/mol. The van der Waals surface area contributed by atoms with Gasteiger partial charge in [0.2, 0.25) is 0 Å². The lowest BCUT2D eigenvalue weighted by Gasteiger charge is -2.34. The number of rotatable bonds is 4. The normalized spacial score (nSPS) is 20.9. The fraction of sp³-hybridized carbons (Fsp3) is 0.333. The third-order valence-corrected chi connectivity index (χ3v) is 4.99. The average molecular weight is 366 g/mol. The number of nitrogens with one attached hydrogen (secondary N) is 1. The zero-order valence-corrected chi connectivity index (χ0v) is 15.0. The molecule has 1 N–H and O–H groups in total. The number of ether oxygens (including phenoxy) is 2. The van der Waals surface area contributed by atoms with E-state index in [2.05, 4.69) is 5.32 Å². The van der Waals surface area contributed by atoms with Crippen LogP contribution in [0, 0.1) is 0 Å². The Labute approximate surface area is 158 Å². The van der Waals surface area contributed by atoms with Crippen LogP contribution in [0.2, 0.25) is 0 Å². The number of hydrogen-bond donors (Lipinski definition) is 1. The number of carbonyl (C=O) groups is 2. The Morgan fingerprint density at radius 1 is 1.15 bits per heavy atom. The van der Waals surface area contributed by atoms with Crippen LogP contribution in [-0.4, -0.2) is 48.6 Å². The van der Waals surface area contributed by atoms with Gasteiger partial charge >= 0.3 is 6.03 Å². The number of Topliss-reactive ketones (excluding diaryl/α,β-unsaturated/α-hetero) is 1. The molecule has 6 heteroatoms. The van der Waals surface area contributed by atoms with Gasteiger partial charge in [-0.25, -0.2) is 4.79 Å². The van der Waals surface area contributed by atoms with E-state index in [4.69, 9.17) is 9.47 Å². The molecule has 2 heterocycles. The minimum Gasteiger partial charge on any atom is -0.492 e. The Balaban J connectivity index is 1.29. The van der Waals surface area contributed by atoms with Crippen molar-refractivity contribution >= 4 is 11.8 Å². The lowest BCUT2D eigenvalue weighted by atomic mass is 9.89. The topological polar surface area (TPSA) is 67.9 Å². The Bertz CT molecular complexity index is 839. The molecule has 4 rings (SSSR count). The molecule has 1 fully saturated rings. The van der Waals surface area contributed by atoms with Crippen molar-refractivity contribution in [2.24, 2.45) is 0 Å². The summed E-state index contributed by atoms with van der Waals surface area (Å²) in [5, 5.41) is 2.87. The van der Waals surface area contributed by atoms with Crippen LogP contribution in [0.15, 0.2) is 54.6 Å². The molecule has 0 radical (unpaired) electrons. The second kappa shape index (κ2) is 7.31. The number of nitrogens with zero attached hydrogens (tertiary/aromatic N) is 1. The van der Waals surface area contributed by atoms with Crippen LogP contribution in [-0.2, 0) is 0 Å². The van der Waals surface area contributed by atoms with E-state index in [0.717, 1.165) is 5.75 Å². The number of carbonyl (C=O) groups excluding carboxylic acids is 2. The van der Waals surface area contributed by atoms with Gasteiger partial charge < -0.3 is 19.7 Å². The van der Waals surface area contributed by atoms with E-state index >= 15 is 0 Å². The first-order valence-electron chi connectivity index (χ1n) is 9.17. The molecule has 1 atom stereocenters. The van der Waals surface area contributed by atoms with Gasteiger partial charge in [0, 0.05) is 13.0 Å². The van der Waals surface area contributed by atoms with Gasteiger partial charge in [0.15, 0.2) is 5.78 Å². The van der Waals surface area contributed by atoms with E-state index in [1.807, 2.05) is 48.5 Å². The Hall–Kier alpha value is -3.02. The Kier molecular flexibility index (Phi) is 4.71. The summed E-state index contributed by atoms with van der Waals surface area (Å²) in [5.41, 5.74) is 0.0210. The molecule has 1 unspecified atom stereocenters. The maximum absolute atomic E-state index is 12.5. The van der Waals surface area contributed by atoms with Crippen molar-refractivity contribution in [2.75, 3.05) is 26.2 Å². The molecule has 2 aliphatic heterocycles. The van der Waals surface area contributed by atoms with Crippen molar-refractivity contribution in [2.45, 2.75) is 18.4 Å². The first-order chi connectivity index (χ1) is 13.2. The molecule has 0 saturated carbocycles. The SMILES string of the molecule is O=C1CC2(CCN(C(=O)NCCOc3ccccc3)C2)Oc2ccccc21. The lowest BCUT2D eigenvalue weighted by molar-refractivity contribution is 0.0478. The summed E-state index contributed by atoms with van der Waals surface area (Å²) in [4.78, 5) is 26.6. The summed E-state index contributed by atoms with van der Waals surface area (Å²) in [6.45, 7) is 1.80. The van der Waals surface area contributed by atoms with Crippen molar-refractivity contribution in [3.05, 3.63) is 60.2 Å². The molecule has 2 aliphatic rings. The van der Waals surface area contributed by atoms with Crippen LogP contribution >= 0.6 is 0 Å². The summed E-state index contributed by atoms with van der Waals surface area (Å²) in [6, 6.07) is 16.6. The Morgan fingerprint density at radius 2 is 1.93 bits per heavy atom. The first kappa shape index (κ1) is 17.4. The fourth-order valence-electron chi connectivity index (χ4n) is 3.64. The standard InChI is InChI=1S/C21H22N2O4/c24-18-14-21(27-19-9-5-4-8-17(18)19)10-12-23(15-21)20(25)22-11-13-26-16-6-2-1-3-7-16/h1-9H,10-15H2,(H,22,25). The molecule has 1 spiro atoms. The molecule has 6 nitrogen and oxygen atoms in total. The molecule has 0 aromatic heterocycles. The number of fused-ring (bicyclic) bond motifs is 1. The average Bonchev–Trinajstić information content (AvgIpc) is 3.09. The van der Waals surface area contributed by atoms with Gasteiger partial charge in [0.25, 0.3) is 0 Å². The number of likely N-dealkylation sites (tertiary alicyclic amines) is 1. The lowest BCUT2D eigenvalue weighted by Crippen LogP contribution is -2.47. The second-order valence-electron chi connectivity index (χ2n) is 6.95. The monoisotopic (exact) mass is 366 g/mol. The largest absolute Gasteiger partial charge is 0.492 e. The summed E-state index contributed by atoms with van der Waals surface area (Å²) >= 11 is 0. The number of hydrogen-bond acceptors (Lipinski definition) is 4. The van der Waals surface area contributed by atoms with Crippen LogP contribution < -0.4 is 14.8 Å². The number of ketones is 1. The predicted octanol–water partition coefficient (Wildman–Crippen LogP) is 2.88. The van der Waals surface area contributed by atoms with Gasteiger partial charge in [0.05, 0.1) is 25.1 Å². The van der Waals surface area contributed by atoms with Crippen LogP contribution in [0.5, 0.6) is 11.5 Å². The number of amides is 2. The minimum atomic E-state index is -0.608. The van der Waals surface area contributed by atoms with E-state index in [1.165, 1.54) is 0 Å². The molecular formula is C21H22N2O4. The molecule has 27 heavy (non-hydrogen) atoms. The second-order valence-corrected chi connectivity index (χ2v) is 6.95. The van der Waals surface area contributed by atoms with Gasteiger partial charge in [-0.2, -0.15) is 0 Å². The molecule has 140 valence electrons. The molecule has 2 aromatic carbocycles. The predicted molar refractivity (Wildman–Crippen MR) is 100 cm³/mol. The van der Waals surface area contributed by atoms with E-state index < -0.39 is 5.60 Å². The van der Waals surface area contributed by atoms with Crippen molar-refractivity contribution < 1.29 is 19.1 Å². The highest BCUT2D eigenvalue weighted by atomic mass is 16.5. The number of para-hydroxylation sites is 2. The van der Waals surface area contributed by atoms with Crippen molar-refractivity contribution in [1.82, 2.24) is 10.2 Å². The van der Waals surface area contributed by atoms with Crippen LogP contribution in [0.3, 0.4) is 0 Å². The number of urea groups is 1. The third kappa shape index (κ3) is 3.74. The van der Waals surface area contributed by atoms with E-state index in [1.54, 1.807) is 11.0 Å². The van der Waals surface area contributed by atoms with Crippen molar-refractivity contribution in [3.8, 4) is 11.5 Å². The minimum absolute atomic E-state index is 0.0790. The third-order valence-electron chi connectivity index (χ3n) is 4.99. The molecule has 0 bridgehead atoms. The van der Waals surface area contributed by atoms with Gasteiger partial charge in [-0.05, 0) is 24.3 Å². The summed E-state index contributed by atoms with van der Waals surface area (Å²) in [5.74, 6) is 1.47. The van der Waals surface area contributed by atoms with Crippen LogP contribution in [0.4, 0.5) is 4.79 Å². The van der Waals surface area contributed by atoms with Crippen LogP contribution in [0.1, 0.15) is 23.2 Å². The van der Waals surface area contributed by atoms with Gasteiger partial charge in [-0.1, -0.05) is 30.3 Å². The van der Waals surface area contributed by atoms with Crippen molar-refractivity contribution in [1.29, 1.82) is 0 Å².